The number of nitrogens with zero attached hydrogens (tertiary/aromatic N) is 1. The number of unbranched alkanes of at least 4 members (excludes halogenated alkanes) is 1. The Hall–Kier alpha value is -1.01. The molecule has 3 nitrogen and oxygen atoms in total. The van der Waals surface area contributed by atoms with Crippen LogP contribution < -0.4 is 5.32 Å². The normalized spacial score (nSPS) is 12.6. The van der Waals surface area contributed by atoms with E-state index >= 15 is 0 Å². The number of anilines is 1. The summed E-state index contributed by atoms with van der Waals surface area (Å²) in [6.45, 7) is 2.08. The maximum Gasteiger partial charge on any atom is 0.239 e. The molecule has 1 aromatic carbocycles. The largest absolute Gasteiger partial charge is 0.301 e. The summed E-state index contributed by atoms with van der Waals surface area (Å²) >= 11 is 4.64. The van der Waals surface area contributed by atoms with Crippen LogP contribution in [0.1, 0.15) is 26.2 Å². The van der Waals surface area contributed by atoms with Gasteiger partial charge in [0.1, 0.15) is 5.82 Å². The second kappa shape index (κ2) is 6.43. The van der Waals surface area contributed by atoms with E-state index in [0.717, 1.165) is 24.0 Å². The van der Waals surface area contributed by atoms with Gasteiger partial charge >= 0.3 is 0 Å². The van der Waals surface area contributed by atoms with Crippen molar-refractivity contribution >= 4 is 48.5 Å². The molecule has 6 heteroatoms. The van der Waals surface area contributed by atoms with Crippen LogP contribution in [0.25, 0.3) is 10.2 Å². The fourth-order valence-electron chi connectivity index (χ4n) is 1.65. The Bertz CT molecular complexity index is 587. The summed E-state index contributed by atoms with van der Waals surface area (Å²) < 4.78 is 13.8. The minimum atomic E-state index is -0.296. The van der Waals surface area contributed by atoms with Crippen molar-refractivity contribution in [3.8, 4) is 0 Å². The van der Waals surface area contributed by atoms with E-state index in [4.69, 9.17) is 0 Å². The maximum absolute atomic E-state index is 13.1. The third-order valence-corrected chi connectivity index (χ3v) is 4.48. The molecule has 0 bridgehead atoms. The van der Waals surface area contributed by atoms with Crippen LogP contribution in [-0.4, -0.2) is 15.7 Å². The fourth-order valence-corrected chi connectivity index (χ4v) is 2.98. The number of hydrogen-bond donors (Lipinski definition) is 1. The summed E-state index contributed by atoms with van der Waals surface area (Å²) in [5.41, 5.74) is 0.696. The lowest BCUT2D eigenvalue weighted by atomic mass is 10.2. The second-order valence-electron chi connectivity index (χ2n) is 4.23. The molecule has 1 N–H and O–H groups in total. The van der Waals surface area contributed by atoms with E-state index in [-0.39, 0.29) is 16.6 Å². The standard InChI is InChI=1S/C13H14BrFN2OS/c1-2-3-4-9(14)12(18)17-13-16-10-6-5-8(15)7-11(10)19-13/h5-7,9H,2-4H2,1H3,(H,16,17,18)/t9-/m0/s1. The summed E-state index contributed by atoms with van der Waals surface area (Å²) in [6, 6.07) is 4.40. The molecule has 0 aliphatic carbocycles. The first-order valence-corrected chi connectivity index (χ1v) is 7.84. The molecule has 0 saturated carbocycles. The molecule has 0 fully saturated rings. The minimum Gasteiger partial charge on any atom is -0.301 e. The third-order valence-electron chi connectivity index (χ3n) is 2.68. The molecule has 0 saturated heterocycles. The monoisotopic (exact) mass is 344 g/mol. The van der Waals surface area contributed by atoms with Crippen molar-refractivity contribution < 1.29 is 9.18 Å². The van der Waals surface area contributed by atoms with Gasteiger partial charge in [0.25, 0.3) is 0 Å². The molecule has 1 heterocycles. The zero-order valence-electron chi connectivity index (χ0n) is 10.5. The molecule has 0 radical (unpaired) electrons. The van der Waals surface area contributed by atoms with Gasteiger partial charge in [0.05, 0.1) is 15.0 Å². The van der Waals surface area contributed by atoms with E-state index in [2.05, 4.69) is 33.2 Å². The van der Waals surface area contributed by atoms with Crippen LogP contribution in [0.2, 0.25) is 0 Å². The van der Waals surface area contributed by atoms with Crippen molar-refractivity contribution in [1.29, 1.82) is 0 Å². The van der Waals surface area contributed by atoms with Crippen LogP contribution in [0.3, 0.4) is 0 Å². The number of thiazole rings is 1. The van der Waals surface area contributed by atoms with Gasteiger partial charge in [-0.3, -0.25) is 4.79 Å². The molecule has 1 amide bonds. The first kappa shape index (κ1) is 14.4. The van der Waals surface area contributed by atoms with Crippen molar-refractivity contribution in [2.75, 3.05) is 5.32 Å². The van der Waals surface area contributed by atoms with Gasteiger partial charge in [-0.25, -0.2) is 9.37 Å². The highest BCUT2D eigenvalue weighted by molar-refractivity contribution is 9.10. The van der Waals surface area contributed by atoms with Gasteiger partial charge in [0, 0.05) is 0 Å². The quantitative estimate of drug-likeness (QED) is 0.820. The van der Waals surface area contributed by atoms with Gasteiger partial charge in [-0.15, -0.1) is 0 Å². The van der Waals surface area contributed by atoms with E-state index in [1.54, 1.807) is 6.07 Å². The highest BCUT2D eigenvalue weighted by Crippen LogP contribution is 2.27. The molecule has 102 valence electrons. The number of nitrogens with one attached hydrogen (secondary N) is 1. The number of rotatable bonds is 5. The van der Waals surface area contributed by atoms with E-state index in [9.17, 15) is 9.18 Å². The molecular formula is C13H14BrFN2OS. The zero-order chi connectivity index (χ0) is 13.8. The lowest BCUT2D eigenvalue weighted by Crippen LogP contribution is -2.22. The number of hydrogen-bond acceptors (Lipinski definition) is 3. The van der Waals surface area contributed by atoms with Gasteiger partial charge in [-0.2, -0.15) is 0 Å². The zero-order valence-corrected chi connectivity index (χ0v) is 12.9. The van der Waals surface area contributed by atoms with E-state index in [0.29, 0.717) is 10.6 Å². The Morgan fingerprint density at radius 2 is 2.37 bits per heavy atom. The molecule has 0 aliphatic heterocycles. The summed E-state index contributed by atoms with van der Waals surface area (Å²) in [6.07, 6.45) is 2.84. The summed E-state index contributed by atoms with van der Waals surface area (Å²) in [5.74, 6) is -0.400. The fraction of sp³-hybridized carbons (Fsp3) is 0.385. The summed E-state index contributed by atoms with van der Waals surface area (Å²) in [4.78, 5) is 15.9. The lowest BCUT2D eigenvalue weighted by Gasteiger charge is -2.07. The first-order chi connectivity index (χ1) is 9.10. The molecular weight excluding hydrogens is 331 g/mol. The van der Waals surface area contributed by atoms with Crippen molar-refractivity contribution in [2.45, 2.75) is 31.0 Å². The number of alkyl halides is 1. The van der Waals surface area contributed by atoms with Gasteiger partial charge in [0.2, 0.25) is 5.91 Å². The molecule has 2 rings (SSSR count). The number of benzene rings is 1. The Morgan fingerprint density at radius 3 is 3.11 bits per heavy atom. The molecule has 19 heavy (non-hydrogen) atoms. The summed E-state index contributed by atoms with van der Waals surface area (Å²) in [7, 11) is 0. The lowest BCUT2D eigenvalue weighted by molar-refractivity contribution is -0.115. The smallest absolute Gasteiger partial charge is 0.239 e. The topological polar surface area (TPSA) is 42.0 Å². The average molecular weight is 345 g/mol. The first-order valence-electron chi connectivity index (χ1n) is 6.11. The second-order valence-corrected chi connectivity index (χ2v) is 6.37. The Kier molecular flexibility index (Phi) is 4.87. The third kappa shape index (κ3) is 3.73. The average Bonchev–Trinajstić information content (AvgIpc) is 2.77. The van der Waals surface area contributed by atoms with Crippen LogP contribution in [0.4, 0.5) is 9.52 Å². The van der Waals surface area contributed by atoms with E-state index in [1.165, 1.54) is 23.5 Å². The predicted molar refractivity (Wildman–Crippen MR) is 80.4 cm³/mol. The number of aromatic nitrogens is 1. The van der Waals surface area contributed by atoms with Gasteiger partial charge in [0.15, 0.2) is 5.13 Å². The van der Waals surface area contributed by atoms with E-state index in [1.807, 2.05) is 0 Å². The van der Waals surface area contributed by atoms with E-state index < -0.39 is 0 Å². The molecule has 0 spiro atoms. The highest BCUT2D eigenvalue weighted by Gasteiger charge is 2.16. The molecule has 1 atom stereocenters. The van der Waals surface area contributed by atoms with Gasteiger partial charge in [-0.05, 0) is 24.6 Å². The number of carbonyl (C=O) groups is 1. The van der Waals surface area contributed by atoms with Gasteiger partial charge in [-0.1, -0.05) is 47.0 Å². The maximum atomic E-state index is 13.1. The predicted octanol–water partition coefficient (Wildman–Crippen LogP) is 4.33. The van der Waals surface area contributed by atoms with Crippen molar-refractivity contribution in [1.82, 2.24) is 4.98 Å². The molecule has 1 aromatic heterocycles. The van der Waals surface area contributed by atoms with Crippen molar-refractivity contribution in [2.24, 2.45) is 0 Å². The van der Waals surface area contributed by atoms with Crippen LogP contribution in [-0.2, 0) is 4.79 Å². The number of amides is 1. The van der Waals surface area contributed by atoms with Crippen LogP contribution in [0.15, 0.2) is 18.2 Å². The molecule has 2 aromatic rings. The molecule has 0 aliphatic rings. The SMILES string of the molecule is CCCC[C@H](Br)C(=O)Nc1nc2ccc(F)cc2s1. The van der Waals surface area contributed by atoms with Crippen LogP contribution >= 0.6 is 27.3 Å². The Labute approximate surface area is 123 Å². The molecule has 0 unspecified atom stereocenters. The van der Waals surface area contributed by atoms with Crippen molar-refractivity contribution in [3.63, 3.8) is 0 Å². The number of halogens is 2. The highest BCUT2D eigenvalue weighted by atomic mass is 79.9. The summed E-state index contributed by atoms with van der Waals surface area (Å²) in [5, 5.41) is 3.26. The van der Waals surface area contributed by atoms with Crippen LogP contribution in [0.5, 0.6) is 0 Å². The minimum absolute atomic E-state index is 0.104. The van der Waals surface area contributed by atoms with Crippen molar-refractivity contribution in [3.05, 3.63) is 24.0 Å². The Morgan fingerprint density at radius 1 is 1.58 bits per heavy atom. The Balaban J connectivity index is 2.06. The number of fused-ring (bicyclic) bond motifs is 1. The number of carbonyl (C=O) groups excluding carboxylic acids is 1. The van der Waals surface area contributed by atoms with Gasteiger partial charge < -0.3 is 5.32 Å². The van der Waals surface area contributed by atoms with Crippen LogP contribution in [0, 0.1) is 5.82 Å².